The number of nitrogens with zero attached hydrogens (tertiary/aromatic N) is 5. The summed E-state index contributed by atoms with van der Waals surface area (Å²) in [5.41, 5.74) is 0.746. The Morgan fingerprint density at radius 1 is 1.07 bits per heavy atom. The number of pyridine rings is 2. The minimum atomic E-state index is -0.196. The van der Waals surface area contributed by atoms with E-state index >= 15 is 0 Å². The smallest absolute Gasteiger partial charge is 0.272 e. The van der Waals surface area contributed by atoms with Crippen LogP contribution in [0.4, 0.5) is 5.82 Å². The monoisotopic (exact) mass is 382 g/mol. The fourth-order valence-electron chi connectivity index (χ4n) is 3.03. The average molecular weight is 382 g/mol. The normalized spacial score (nSPS) is 14.2. The molecule has 28 heavy (non-hydrogen) atoms. The van der Waals surface area contributed by atoms with Gasteiger partial charge in [-0.1, -0.05) is 6.07 Å². The van der Waals surface area contributed by atoms with Gasteiger partial charge in [-0.2, -0.15) is 0 Å². The molecule has 148 valence electrons. The molecule has 2 amide bonds. The Morgan fingerprint density at radius 3 is 2.54 bits per heavy atom. The van der Waals surface area contributed by atoms with Crippen LogP contribution in [0.15, 0.2) is 42.7 Å². The van der Waals surface area contributed by atoms with Crippen LogP contribution in [-0.4, -0.2) is 84.9 Å². The molecule has 1 fully saturated rings. The summed E-state index contributed by atoms with van der Waals surface area (Å²) in [7, 11) is 3.89. The molecule has 0 atom stereocenters. The predicted octanol–water partition coefficient (Wildman–Crippen LogP) is 0.730. The minimum absolute atomic E-state index is 0.149. The summed E-state index contributed by atoms with van der Waals surface area (Å²) in [4.78, 5) is 39.6. The molecule has 2 aromatic heterocycles. The van der Waals surface area contributed by atoms with E-state index in [-0.39, 0.29) is 11.8 Å². The molecular weight excluding hydrogens is 356 g/mol. The van der Waals surface area contributed by atoms with Gasteiger partial charge in [0.25, 0.3) is 11.8 Å². The number of hydrogen-bond donors (Lipinski definition) is 1. The van der Waals surface area contributed by atoms with Crippen molar-refractivity contribution in [3.05, 3.63) is 54.0 Å². The highest BCUT2D eigenvalue weighted by Crippen LogP contribution is 2.14. The van der Waals surface area contributed by atoms with Gasteiger partial charge in [0.05, 0.1) is 0 Å². The highest BCUT2D eigenvalue weighted by molar-refractivity contribution is 5.98. The van der Waals surface area contributed by atoms with E-state index in [0.29, 0.717) is 44.0 Å². The number of anilines is 1. The third-order valence-electron chi connectivity index (χ3n) is 4.63. The molecule has 0 radical (unpaired) electrons. The van der Waals surface area contributed by atoms with E-state index in [1.807, 2.05) is 37.2 Å². The van der Waals surface area contributed by atoms with E-state index in [1.165, 1.54) is 6.20 Å². The van der Waals surface area contributed by atoms with E-state index in [1.54, 1.807) is 23.2 Å². The van der Waals surface area contributed by atoms with E-state index in [0.717, 1.165) is 12.4 Å². The lowest BCUT2D eigenvalue weighted by Gasteiger charge is -2.35. The second-order valence-corrected chi connectivity index (χ2v) is 6.96. The number of carbonyl (C=O) groups is 2. The quantitative estimate of drug-likeness (QED) is 0.793. The molecule has 8 heteroatoms. The number of nitrogens with one attached hydrogen (secondary N) is 1. The Hall–Kier alpha value is -3.00. The van der Waals surface area contributed by atoms with Crippen LogP contribution in [0.2, 0.25) is 0 Å². The van der Waals surface area contributed by atoms with Crippen LogP contribution in [0.1, 0.15) is 20.8 Å². The number of carbonyl (C=O) groups excluding carboxylic acids is 2. The first-order valence-electron chi connectivity index (χ1n) is 9.39. The molecule has 3 rings (SSSR count). The van der Waals surface area contributed by atoms with Gasteiger partial charge in [0.2, 0.25) is 0 Å². The third-order valence-corrected chi connectivity index (χ3v) is 4.63. The van der Waals surface area contributed by atoms with Gasteiger partial charge in [-0.3, -0.25) is 14.6 Å². The van der Waals surface area contributed by atoms with Crippen molar-refractivity contribution in [1.29, 1.82) is 0 Å². The highest BCUT2D eigenvalue weighted by atomic mass is 16.2. The van der Waals surface area contributed by atoms with Crippen molar-refractivity contribution in [2.75, 3.05) is 58.3 Å². The van der Waals surface area contributed by atoms with Crippen LogP contribution in [0.25, 0.3) is 0 Å². The van der Waals surface area contributed by atoms with Gasteiger partial charge in [-0.15, -0.1) is 0 Å². The third kappa shape index (κ3) is 5.04. The second kappa shape index (κ2) is 9.27. The number of piperazine rings is 1. The molecule has 0 aliphatic carbocycles. The topological polar surface area (TPSA) is 81.7 Å². The number of amides is 2. The first-order chi connectivity index (χ1) is 13.5. The van der Waals surface area contributed by atoms with Crippen molar-refractivity contribution in [2.24, 2.45) is 0 Å². The van der Waals surface area contributed by atoms with Crippen molar-refractivity contribution in [3.8, 4) is 0 Å². The molecule has 8 nitrogen and oxygen atoms in total. The minimum Gasteiger partial charge on any atom is -0.353 e. The van der Waals surface area contributed by atoms with E-state index in [4.69, 9.17) is 0 Å². The van der Waals surface area contributed by atoms with Gasteiger partial charge < -0.3 is 20.0 Å². The molecule has 0 bridgehead atoms. The number of likely N-dealkylation sites (N-methyl/N-ethyl adjacent to an activating group) is 1. The number of rotatable bonds is 6. The van der Waals surface area contributed by atoms with Crippen LogP contribution in [0, 0.1) is 0 Å². The van der Waals surface area contributed by atoms with Gasteiger partial charge in [0.15, 0.2) is 0 Å². The van der Waals surface area contributed by atoms with Gasteiger partial charge in [-0.05, 0) is 38.4 Å². The summed E-state index contributed by atoms with van der Waals surface area (Å²) in [5.74, 6) is 0.575. The zero-order chi connectivity index (χ0) is 19.9. The molecule has 0 saturated carbocycles. The molecule has 0 aromatic carbocycles. The van der Waals surface area contributed by atoms with Crippen LogP contribution >= 0.6 is 0 Å². The molecule has 3 heterocycles. The lowest BCUT2D eigenvalue weighted by molar-refractivity contribution is 0.0740. The average Bonchev–Trinajstić information content (AvgIpc) is 2.74. The zero-order valence-electron chi connectivity index (χ0n) is 16.3. The summed E-state index contributed by atoms with van der Waals surface area (Å²) in [5, 5.41) is 2.85. The Morgan fingerprint density at radius 2 is 1.86 bits per heavy atom. The fraction of sp³-hybridized carbons (Fsp3) is 0.400. The zero-order valence-corrected chi connectivity index (χ0v) is 16.3. The van der Waals surface area contributed by atoms with Gasteiger partial charge in [0, 0.05) is 57.2 Å². The lowest BCUT2D eigenvalue weighted by Crippen LogP contribution is -2.49. The summed E-state index contributed by atoms with van der Waals surface area (Å²) in [6.07, 6.45) is 3.28. The van der Waals surface area contributed by atoms with Gasteiger partial charge in [-0.25, -0.2) is 4.98 Å². The predicted molar refractivity (Wildman–Crippen MR) is 107 cm³/mol. The lowest BCUT2D eigenvalue weighted by atomic mass is 10.2. The first kappa shape index (κ1) is 19.8. The summed E-state index contributed by atoms with van der Waals surface area (Å²) >= 11 is 0. The van der Waals surface area contributed by atoms with Crippen LogP contribution in [0.3, 0.4) is 0 Å². The standard InChI is InChI=1S/C20H26N6O2/c1-24(2)10-9-23-19(27)16-6-8-21-17(15-16)20(28)26-13-11-25(12-14-26)18-5-3-4-7-22-18/h3-8,15H,9-14H2,1-2H3,(H,23,27). The van der Waals surface area contributed by atoms with Crippen molar-refractivity contribution in [1.82, 2.24) is 25.1 Å². The summed E-state index contributed by atoms with van der Waals surface area (Å²) in [6, 6.07) is 9.01. The molecule has 1 aliphatic rings. The Labute approximate surface area is 165 Å². The molecule has 1 N–H and O–H groups in total. The Kier molecular flexibility index (Phi) is 6.54. The van der Waals surface area contributed by atoms with Gasteiger partial charge in [0.1, 0.15) is 11.5 Å². The van der Waals surface area contributed by atoms with Crippen molar-refractivity contribution < 1.29 is 9.59 Å². The molecule has 0 unspecified atom stereocenters. The maximum Gasteiger partial charge on any atom is 0.272 e. The van der Waals surface area contributed by atoms with Crippen molar-refractivity contribution in [2.45, 2.75) is 0 Å². The molecule has 1 saturated heterocycles. The van der Waals surface area contributed by atoms with Crippen LogP contribution in [-0.2, 0) is 0 Å². The molecule has 0 spiro atoms. The summed E-state index contributed by atoms with van der Waals surface area (Å²) in [6.45, 7) is 3.92. The van der Waals surface area contributed by atoms with E-state index in [9.17, 15) is 9.59 Å². The van der Waals surface area contributed by atoms with Crippen molar-refractivity contribution >= 4 is 17.6 Å². The molecule has 2 aromatic rings. The largest absolute Gasteiger partial charge is 0.353 e. The fourth-order valence-corrected chi connectivity index (χ4v) is 3.03. The van der Waals surface area contributed by atoms with Crippen LogP contribution < -0.4 is 10.2 Å². The van der Waals surface area contributed by atoms with Crippen molar-refractivity contribution in [3.63, 3.8) is 0 Å². The summed E-state index contributed by atoms with van der Waals surface area (Å²) < 4.78 is 0. The highest BCUT2D eigenvalue weighted by Gasteiger charge is 2.24. The van der Waals surface area contributed by atoms with E-state index in [2.05, 4.69) is 20.2 Å². The SMILES string of the molecule is CN(C)CCNC(=O)c1ccnc(C(=O)N2CCN(c3ccccn3)CC2)c1. The number of aromatic nitrogens is 2. The second-order valence-electron chi connectivity index (χ2n) is 6.96. The maximum absolute atomic E-state index is 12.8. The molecule has 1 aliphatic heterocycles. The maximum atomic E-state index is 12.8. The van der Waals surface area contributed by atoms with E-state index < -0.39 is 0 Å². The first-order valence-corrected chi connectivity index (χ1v) is 9.39. The Balaban J connectivity index is 1.58. The van der Waals surface area contributed by atoms with Crippen LogP contribution in [0.5, 0.6) is 0 Å². The number of hydrogen-bond acceptors (Lipinski definition) is 6. The Bertz CT molecular complexity index is 803. The molecular formula is C20H26N6O2. The van der Waals surface area contributed by atoms with Gasteiger partial charge >= 0.3 is 0 Å².